The van der Waals surface area contributed by atoms with Crippen LogP contribution in [0, 0.1) is 0 Å². The summed E-state index contributed by atoms with van der Waals surface area (Å²) in [5.41, 5.74) is -0.907. The normalized spacial score (nSPS) is 26.1. The fraction of sp³-hybridized carbons (Fsp3) is 0.417. The van der Waals surface area contributed by atoms with Gasteiger partial charge in [0.05, 0.1) is 15.7 Å². The third-order valence-corrected chi connectivity index (χ3v) is 4.18. The summed E-state index contributed by atoms with van der Waals surface area (Å²) >= 11 is 16.6. The molecule has 0 unspecified atom stereocenters. The number of nitrogens with one attached hydrogen (secondary N) is 1. The van der Waals surface area contributed by atoms with Crippen molar-refractivity contribution in [2.45, 2.75) is 29.7 Å². The standard InChI is InChI=1S/C12H3Cl3F9NO2/c13-3-1-4(14)6(5(15)2-3)25-7(26)8(16,17)11(22)9(18,19)10(20,21)12(23,24)27-11/h1-2H,(H,25,26)/t11-/m1/s1. The van der Waals surface area contributed by atoms with Crippen LogP contribution in [0.25, 0.3) is 0 Å². The monoisotopic (exact) mass is 469 g/mol. The fourth-order valence-electron chi connectivity index (χ4n) is 1.95. The predicted molar refractivity (Wildman–Crippen MR) is 74.8 cm³/mol. The molecular weight excluding hydrogens is 467 g/mol. The van der Waals surface area contributed by atoms with Gasteiger partial charge in [-0.2, -0.15) is 39.5 Å². The lowest BCUT2D eigenvalue weighted by Gasteiger charge is -2.31. The second-order valence-corrected chi connectivity index (χ2v) is 6.39. The van der Waals surface area contributed by atoms with Crippen LogP contribution in [0.15, 0.2) is 12.1 Å². The summed E-state index contributed by atoms with van der Waals surface area (Å²) in [6, 6.07) is 1.66. The number of amides is 1. The molecule has 0 radical (unpaired) electrons. The first-order valence-corrected chi connectivity index (χ1v) is 7.42. The Balaban J connectivity index is 2.48. The van der Waals surface area contributed by atoms with E-state index in [2.05, 4.69) is 4.74 Å². The maximum absolute atomic E-state index is 14.0. The van der Waals surface area contributed by atoms with Crippen LogP contribution >= 0.6 is 34.8 Å². The average Bonchev–Trinajstić information content (AvgIpc) is 2.58. The van der Waals surface area contributed by atoms with E-state index in [0.29, 0.717) is 0 Å². The minimum absolute atomic E-state index is 0.165. The van der Waals surface area contributed by atoms with Crippen molar-refractivity contribution >= 4 is 46.4 Å². The number of anilines is 1. The Kier molecular flexibility index (Phi) is 5.09. The van der Waals surface area contributed by atoms with Gasteiger partial charge in [0.1, 0.15) is 0 Å². The molecule has 1 amide bonds. The van der Waals surface area contributed by atoms with Crippen molar-refractivity contribution in [1.29, 1.82) is 0 Å². The van der Waals surface area contributed by atoms with E-state index in [-0.39, 0.29) is 5.02 Å². The molecule has 1 saturated heterocycles. The summed E-state index contributed by atoms with van der Waals surface area (Å²) in [5.74, 6) is -29.2. The molecule has 2 rings (SSSR count). The second-order valence-electron chi connectivity index (χ2n) is 5.14. The third kappa shape index (κ3) is 2.91. The molecule has 1 aromatic carbocycles. The van der Waals surface area contributed by atoms with Crippen LogP contribution in [0.2, 0.25) is 15.1 Å². The van der Waals surface area contributed by atoms with E-state index < -0.39 is 51.4 Å². The van der Waals surface area contributed by atoms with Crippen LogP contribution in [0.5, 0.6) is 0 Å². The summed E-state index contributed by atoms with van der Waals surface area (Å²) < 4.78 is 123. The zero-order valence-corrected chi connectivity index (χ0v) is 14.3. The highest BCUT2D eigenvalue weighted by atomic mass is 35.5. The van der Waals surface area contributed by atoms with Crippen LogP contribution in [0.3, 0.4) is 0 Å². The molecule has 152 valence electrons. The first-order chi connectivity index (χ1) is 11.9. The van der Waals surface area contributed by atoms with Gasteiger partial charge < -0.3 is 5.32 Å². The molecule has 0 bridgehead atoms. The van der Waals surface area contributed by atoms with Gasteiger partial charge in [-0.1, -0.05) is 34.8 Å². The number of benzene rings is 1. The van der Waals surface area contributed by atoms with E-state index in [9.17, 15) is 44.3 Å². The quantitative estimate of drug-likeness (QED) is 0.569. The minimum atomic E-state index is -6.79. The molecule has 1 N–H and O–H groups in total. The number of carbonyl (C=O) groups excluding carboxylic acids is 1. The molecule has 1 heterocycles. The van der Waals surface area contributed by atoms with E-state index in [4.69, 9.17) is 34.8 Å². The molecule has 1 aromatic rings. The lowest BCUT2D eigenvalue weighted by Crippen LogP contribution is -2.63. The summed E-state index contributed by atoms with van der Waals surface area (Å²) in [6.45, 7) is 0. The first kappa shape index (κ1) is 22.2. The number of hydrogen-bond donors (Lipinski definition) is 1. The Labute approximate surface area is 158 Å². The van der Waals surface area contributed by atoms with Crippen LogP contribution in [-0.2, 0) is 9.53 Å². The molecule has 15 heteroatoms. The van der Waals surface area contributed by atoms with E-state index in [1.54, 1.807) is 0 Å². The van der Waals surface area contributed by atoms with Crippen LogP contribution in [0.1, 0.15) is 0 Å². The summed E-state index contributed by atoms with van der Waals surface area (Å²) in [5, 5.41) is -0.358. The van der Waals surface area contributed by atoms with Gasteiger partial charge in [-0.3, -0.25) is 9.53 Å². The highest BCUT2D eigenvalue weighted by Crippen LogP contribution is 2.64. The molecule has 27 heavy (non-hydrogen) atoms. The molecule has 0 spiro atoms. The molecule has 1 atom stereocenters. The zero-order chi connectivity index (χ0) is 21.2. The maximum Gasteiger partial charge on any atom is 0.428 e. The van der Waals surface area contributed by atoms with Crippen LogP contribution in [0.4, 0.5) is 45.2 Å². The molecule has 1 aliphatic rings. The molecule has 0 saturated carbocycles. The van der Waals surface area contributed by atoms with E-state index in [1.807, 2.05) is 0 Å². The van der Waals surface area contributed by atoms with Crippen molar-refractivity contribution in [3.05, 3.63) is 27.2 Å². The highest BCUT2D eigenvalue weighted by Gasteiger charge is 2.96. The van der Waals surface area contributed by atoms with Crippen LogP contribution < -0.4 is 5.32 Å². The Hall–Kier alpha value is -1.11. The number of halogens is 12. The Morgan fingerprint density at radius 3 is 1.74 bits per heavy atom. The van der Waals surface area contributed by atoms with E-state index >= 15 is 0 Å². The van der Waals surface area contributed by atoms with E-state index in [1.165, 1.54) is 0 Å². The molecule has 1 aliphatic heterocycles. The van der Waals surface area contributed by atoms with Crippen LogP contribution in [-0.4, -0.2) is 35.6 Å². The van der Waals surface area contributed by atoms with Gasteiger partial charge in [-0.15, -0.1) is 0 Å². The third-order valence-electron chi connectivity index (χ3n) is 3.37. The molecular formula is C12H3Cl3F9NO2. The zero-order valence-electron chi connectivity index (χ0n) is 12.0. The Morgan fingerprint density at radius 2 is 1.37 bits per heavy atom. The van der Waals surface area contributed by atoms with Crippen molar-refractivity contribution in [2.24, 2.45) is 0 Å². The van der Waals surface area contributed by atoms with Gasteiger partial charge in [0.25, 0.3) is 0 Å². The number of hydrogen-bond acceptors (Lipinski definition) is 2. The van der Waals surface area contributed by atoms with Crippen molar-refractivity contribution in [2.75, 3.05) is 5.32 Å². The van der Waals surface area contributed by atoms with Crippen molar-refractivity contribution < 1.29 is 49.0 Å². The minimum Gasteiger partial charge on any atom is -0.318 e. The smallest absolute Gasteiger partial charge is 0.318 e. The van der Waals surface area contributed by atoms with Gasteiger partial charge in [-0.25, -0.2) is 0 Å². The largest absolute Gasteiger partial charge is 0.428 e. The fourth-order valence-corrected chi connectivity index (χ4v) is 2.86. The highest BCUT2D eigenvalue weighted by molar-refractivity contribution is 6.42. The molecule has 3 nitrogen and oxygen atoms in total. The number of rotatable bonds is 3. The molecule has 1 fully saturated rings. The molecule has 0 aliphatic carbocycles. The number of alkyl halides is 9. The SMILES string of the molecule is O=C(Nc1c(Cl)cc(Cl)cc1Cl)C(F)(F)[C@@]1(F)OC(F)(F)C(F)(F)C1(F)F. The van der Waals surface area contributed by atoms with Crippen molar-refractivity contribution in [1.82, 2.24) is 0 Å². The summed E-state index contributed by atoms with van der Waals surface area (Å²) in [4.78, 5) is 11.6. The average molecular weight is 471 g/mol. The van der Waals surface area contributed by atoms with Gasteiger partial charge in [0.15, 0.2) is 0 Å². The van der Waals surface area contributed by atoms with E-state index in [0.717, 1.165) is 17.4 Å². The first-order valence-electron chi connectivity index (χ1n) is 6.28. The lowest BCUT2D eigenvalue weighted by atomic mass is 9.99. The maximum atomic E-state index is 14.0. The molecule has 0 aromatic heterocycles. The summed E-state index contributed by atoms with van der Waals surface area (Å²) in [6.07, 6.45) is -6.34. The van der Waals surface area contributed by atoms with Gasteiger partial charge in [-0.05, 0) is 12.1 Å². The van der Waals surface area contributed by atoms with Gasteiger partial charge in [0, 0.05) is 5.02 Å². The Bertz CT molecular complexity index is 781. The number of ether oxygens (including phenoxy) is 1. The number of carbonyl (C=O) groups is 1. The summed E-state index contributed by atoms with van der Waals surface area (Å²) in [7, 11) is 0. The lowest BCUT2D eigenvalue weighted by molar-refractivity contribution is -0.366. The van der Waals surface area contributed by atoms with Crippen molar-refractivity contribution in [3.63, 3.8) is 0 Å². The Morgan fingerprint density at radius 1 is 0.926 bits per heavy atom. The topological polar surface area (TPSA) is 38.3 Å². The van der Waals surface area contributed by atoms with Gasteiger partial charge in [0.2, 0.25) is 0 Å². The predicted octanol–water partition coefficient (Wildman–Crippen LogP) is 5.78. The second kappa shape index (κ2) is 6.19. The van der Waals surface area contributed by atoms with Gasteiger partial charge >= 0.3 is 35.6 Å². The van der Waals surface area contributed by atoms with Crippen molar-refractivity contribution in [3.8, 4) is 0 Å².